The molecule has 0 spiro atoms. The van der Waals surface area contributed by atoms with Gasteiger partial charge in [0.25, 0.3) is 5.91 Å². The zero-order valence-electron chi connectivity index (χ0n) is 15.7. The first-order valence-electron chi connectivity index (χ1n) is 8.80. The molecule has 27 heavy (non-hydrogen) atoms. The van der Waals surface area contributed by atoms with Crippen LogP contribution < -0.4 is 5.32 Å². The first-order valence-corrected chi connectivity index (χ1v) is 8.80. The van der Waals surface area contributed by atoms with Crippen molar-refractivity contribution in [2.24, 2.45) is 0 Å². The minimum absolute atomic E-state index is 0.282. The zero-order valence-corrected chi connectivity index (χ0v) is 15.7. The average molecular weight is 365 g/mol. The fourth-order valence-electron chi connectivity index (χ4n) is 3.12. The second-order valence-corrected chi connectivity index (χ2v) is 7.05. The van der Waals surface area contributed by atoms with E-state index in [1.807, 2.05) is 49.4 Å². The van der Waals surface area contributed by atoms with Crippen molar-refractivity contribution in [1.82, 2.24) is 15.1 Å². The number of benzene rings is 2. The number of hydrogen-bond acceptors (Lipinski definition) is 3. The minimum atomic E-state index is -1.16. The van der Waals surface area contributed by atoms with E-state index in [-0.39, 0.29) is 12.5 Å². The number of carbonyl (C=O) groups is 3. The van der Waals surface area contributed by atoms with E-state index in [1.165, 1.54) is 4.90 Å². The van der Waals surface area contributed by atoms with E-state index in [9.17, 15) is 14.4 Å². The molecule has 1 heterocycles. The van der Waals surface area contributed by atoms with Gasteiger partial charge in [0.15, 0.2) is 0 Å². The number of urea groups is 1. The molecule has 0 unspecified atom stereocenters. The van der Waals surface area contributed by atoms with Gasteiger partial charge in [-0.2, -0.15) is 0 Å². The summed E-state index contributed by atoms with van der Waals surface area (Å²) in [6, 6.07) is 16.4. The molecular formula is C21H23N3O3. The quantitative estimate of drug-likeness (QED) is 0.828. The number of nitrogens with one attached hydrogen (secondary N) is 1. The molecule has 2 aromatic rings. The van der Waals surface area contributed by atoms with Crippen molar-refractivity contribution in [3.8, 4) is 0 Å². The molecule has 0 saturated carbocycles. The normalized spacial score (nSPS) is 19.1. The maximum atomic E-state index is 12.9. The van der Waals surface area contributed by atoms with Gasteiger partial charge in [0, 0.05) is 13.6 Å². The molecule has 2 aromatic carbocycles. The first-order chi connectivity index (χ1) is 12.8. The Morgan fingerprint density at radius 3 is 2.33 bits per heavy atom. The number of rotatable bonds is 5. The van der Waals surface area contributed by atoms with E-state index in [1.54, 1.807) is 26.1 Å². The Bertz CT molecular complexity index is 864. The van der Waals surface area contributed by atoms with Crippen LogP contribution in [0.4, 0.5) is 4.79 Å². The fraction of sp³-hybridized carbons (Fsp3) is 0.286. The number of nitrogens with zero attached hydrogens (tertiary/aromatic N) is 2. The van der Waals surface area contributed by atoms with Gasteiger partial charge in [0.1, 0.15) is 12.1 Å². The lowest BCUT2D eigenvalue weighted by Crippen LogP contribution is -2.43. The van der Waals surface area contributed by atoms with Gasteiger partial charge in [-0.25, -0.2) is 4.79 Å². The highest BCUT2D eigenvalue weighted by atomic mass is 16.2. The van der Waals surface area contributed by atoms with Crippen LogP contribution in [0.25, 0.3) is 0 Å². The Balaban J connectivity index is 1.69. The van der Waals surface area contributed by atoms with Crippen LogP contribution in [0.3, 0.4) is 0 Å². The maximum Gasteiger partial charge on any atom is 0.325 e. The number of likely N-dealkylation sites (N-methyl/N-ethyl adjacent to an activating group) is 1. The summed E-state index contributed by atoms with van der Waals surface area (Å²) in [5.41, 5.74) is 1.66. The van der Waals surface area contributed by atoms with E-state index >= 15 is 0 Å². The first kappa shape index (κ1) is 18.6. The third-order valence-electron chi connectivity index (χ3n) is 4.89. The van der Waals surface area contributed by atoms with E-state index in [2.05, 4.69) is 5.32 Å². The number of carbonyl (C=O) groups excluding carboxylic acids is 3. The lowest BCUT2D eigenvalue weighted by atomic mass is 9.92. The van der Waals surface area contributed by atoms with Crippen molar-refractivity contribution < 1.29 is 14.4 Å². The molecule has 3 rings (SSSR count). The Hall–Kier alpha value is -3.15. The second kappa shape index (κ2) is 7.23. The highest BCUT2D eigenvalue weighted by molar-refractivity contribution is 6.09. The topological polar surface area (TPSA) is 69.7 Å². The van der Waals surface area contributed by atoms with Gasteiger partial charge in [-0.1, -0.05) is 60.2 Å². The Labute approximate surface area is 158 Å². The fourth-order valence-corrected chi connectivity index (χ4v) is 3.12. The largest absolute Gasteiger partial charge is 0.340 e. The lowest BCUT2D eigenvalue weighted by Gasteiger charge is -2.23. The molecule has 0 bridgehead atoms. The molecule has 140 valence electrons. The summed E-state index contributed by atoms with van der Waals surface area (Å²) >= 11 is 0. The standard InChI is InChI=1S/C21H23N3O3/c1-15-9-11-16(12-10-15)13-23(3)18(25)14-24-19(26)21(2,22-20(24)27)17-7-5-4-6-8-17/h4-12H,13-14H2,1-3H3,(H,22,27)/t21-/m1/s1. The summed E-state index contributed by atoms with van der Waals surface area (Å²) in [7, 11) is 1.66. The van der Waals surface area contributed by atoms with Crippen LogP contribution >= 0.6 is 0 Å². The summed E-state index contributed by atoms with van der Waals surface area (Å²) in [4.78, 5) is 40.3. The van der Waals surface area contributed by atoms with E-state index in [0.717, 1.165) is 16.0 Å². The average Bonchev–Trinajstić information content (AvgIpc) is 2.88. The van der Waals surface area contributed by atoms with Crippen LogP contribution in [-0.2, 0) is 21.7 Å². The monoisotopic (exact) mass is 365 g/mol. The predicted molar refractivity (Wildman–Crippen MR) is 102 cm³/mol. The molecule has 0 radical (unpaired) electrons. The Morgan fingerprint density at radius 1 is 1.07 bits per heavy atom. The van der Waals surface area contributed by atoms with Crippen LogP contribution in [0.5, 0.6) is 0 Å². The van der Waals surface area contributed by atoms with E-state index in [4.69, 9.17) is 0 Å². The molecule has 1 saturated heterocycles. The number of imide groups is 1. The van der Waals surface area contributed by atoms with Crippen LogP contribution in [0.15, 0.2) is 54.6 Å². The molecule has 0 aromatic heterocycles. The molecule has 4 amide bonds. The van der Waals surface area contributed by atoms with Gasteiger partial charge < -0.3 is 10.2 Å². The molecule has 1 N–H and O–H groups in total. The molecule has 1 atom stereocenters. The van der Waals surface area contributed by atoms with Gasteiger partial charge in [0.05, 0.1) is 0 Å². The molecule has 1 aliphatic rings. The van der Waals surface area contributed by atoms with Gasteiger partial charge in [-0.15, -0.1) is 0 Å². The van der Waals surface area contributed by atoms with Crippen LogP contribution in [0.1, 0.15) is 23.6 Å². The summed E-state index contributed by atoms with van der Waals surface area (Å²) in [6.07, 6.45) is 0. The minimum Gasteiger partial charge on any atom is -0.340 e. The molecule has 1 fully saturated rings. The molecule has 6 nitrogen and oxygen atoms in total. The second-order valence-electron chi connectivity index (χ2n) is 7.05. The molecule has 0 aliphatic carbocycles. The number of amides is 4. The van der Waals surface area contributed by atoms with Gasteiger partial charge in [-0.05, 0) is 25.0 Å². The van der Waals surface area contributed by atoms with Crippen molar-refractivity contribution in [2.45, 2.75) is 25.9 Å². The summed E-state index contributed by atoms with van der Waals surface area (Å²) < 4.78 is 0. The predicted octanol–water partition coefficient (Wildman–Crippen LogP) is 2.42. The maximum absolute atomic E-state index is 12.9. The van der Waals surface area contributed by atoms with Crippen LogP contribution in [0, 0.1) is 6.92 Å². The van der Waals surface area contributed by atoms with Crippen molar-refractivity contribution in [3.05, 3.63) is 71.3 Å². The summed E-state index contributed by atoms with van der Waals surface area (Å²) in [6.45, 7) is 3.79. The molecule has 6 heteroatoms. The SMILES string of the molecule is Cc1ccc(CN(C)C(=O)CN2C(=O)N[C@](C)(c3ccccc3)C2=O)cc1. The van der Waals surface area contributed by atoms with Crippen molar-refractivity contribution in [2.75, 3.05) is 13.6 Å². The van der Waals surface area contributed by atoms with Gasteiger partial charge >= 0.3 is 6.03 Å². The number of aryl methyl sites for hydroxylation is 1. The Morgan fingerprint density at radius 2 is 1.70 bits per heavy atom. The zero-order chi connectivity index (χ0) is 19.6. The van der Waals surface area contributed by atoms with Crippen LogP contribution in [0.2, 0.25) is 0 Å². The van der Waals surface area contributed by atoms with E-state index < -0.39 is 17.5 Å². The van der Waals surface area contributed by atoms with Crippen LogP contribution in [-0.4, -0.2) is 41.2 Å². The highest BCUT2D eigenvalue weighted by Crippen LogP contribution is 2.28. The van der Waals surface area contributed by atoms with Gasteiger partial charge in [-0.3, -0.25) is 14.5 Å². The molecular weight excluding hydrogens is 342 g/mol. The Kier molecular flexibility index (Phi) is 4.99. The van der Waals surface area contributed by atoms with E-state index in [0.29, 0.717) is 12.1 Å². The highest BCUT2D eigenvalue weighted by Gasteiger charge is 2.49. The van der Waals surface area contributed by atoms with Crippen molar-refractivity contribution in [3.63, 3.8) is 0 Å². The summed E-state index contributed by atoms with van der Waals surface area (Å²) in [5, 5.41) is 2.71. The van der Waals surface area contributed by atoms with Gasteiger partial charge in [0.2, 0.25) is 5.91 Å². The smallest absolute Gasteiger partial charge is 0.325 e. The summed E-state index contributed by atoms with van der Waals surface area (Å²) in [5.74, 6) is -0.716. The number of hydrogen-bond donors (Lipinski definition) is 1. The third-order valence-corrected chi connectivity index (χ3v) is 4.89. The van der Waals surface area contributed by atoms with Crippen molar-refractivity contribution >= 4 is 17.8 Å². The van der Waals surface area contributed by atoms with Crippen molar-refractivity contribution in [1.29, 1.82) is 0 Å². The lowest BCUT2D eigenvalue weighted by molar-refractivity contribution is -0.138. The molecule has 1 aliphatic heterocycles. The third kappa shape index (κ3) is 3.69.